The number of carbonyl (C=O) groups is 1. The molecule has 0 spiro atoms. The maximum absolute atomic E-state index is 12.2. The second-order valence-electron chi connectivity index (χ2n) is 7.30. The van der Waals surface area contributed by atoms with Gasteiger partial charge in [-0.15, -0.1) is 0 Å². The lowest BCUT2D eigenvalue weighted by Gasteiger charge is -2.34. The van der Waals surface area contributed by atoms with Crippen molar-refractivity contribution in [2.75, 3.05) is 31.1 Å². The van der Waals surface area contributed by atoms with Crippen LogP contribution in [-0.4, -0.2) is 48.1 Å². The van der Waals surface area contributed by atoms with Crippen LogP contribution in [0.25, 0.3) is 0 Å². The second-order valence-corrected chi connectivity index (χ2v) is 7.30. The summed E-state index contributed by atoms with van der Waals surface area (Å²) in [5.74, 6) is 2.07. The van der Waals surface area contributed by atoms with Gasteiger partial charge in [-0.2, -0.15) is 0 Å². The van der Waals surface area contributed by atoms with Crippen LogP contribution in [0, 0.1) is 5.92 Å². The molecule has 0 saturated carbocycles. The van der Waals surface area contributed by atoms with Crippen molar-refractivity contribution < 1.29 is 4.79 Å². The fraction of sp³-hybridized carbons (Fsp3) is 0.722. The fourth-order valence-electron chi connectivity index (χ4n) is 3.57. The Labute approximate surface area is 144 Å². The van der Waals surface area contributed by atoms with Crippen LogP contribution in [-0.2, 0) is 4.79 Å². The molecule has 2 N–H and O–H groups in total. The predicted molar refractivity (Wildman–Crippen MR) is 95.1 cm³/mol. The Bertz CT molecular complexity index is 556. The lowest BCUT2D eigenvalue weighted by molar-refractivity contribution is -0.122. The van der Waals surface area contributed by atoms with Gasteiger partial charge in [0.05, 0.1) is 6.04 Å². The molecule has 6 heteroatoms. The fourth-order valence-corrected chi connectivity index (χ4v) is 3.57. The number of hydrogen-bond acceptors (Lipinski definition) is 5. The Morgan fingerprint density at radius 3 is 3.00 bits per heavy atom. The summed E-state index contributed by atoms with van der Waals surface area (Å²) in [6.07, 6.45) is 6.03. The van der Waals surface area contributed by atoms with Gasteiger partial charge in [0, 0.05) is 31.4 Å². The molecular formula is C18H29N5O. The number of hydrogen-bond donors (Lipinski definition) is 2. The highest BCUT2D eigenvalue weighted by Crippen LogP contribution is 2.23. The van der Waals surface area contributed by atoms with E-state index < -0.39 is 0 Å². The highest BCUT2D eigenvalue weighted by atomic mass is 16.2. The van der Waals surface area contributed by atoms with E-state index in [1.807, 2.05) is 0 Å². The Balaban J connectivity index is 1.54. The predicted octanol–water partition coefficient (Wildman–Crippen LogP) is 1.68. The van der Waals surface area contributed by atoms with E-state index in [-0.39, 0.29) is 11.9 Å². The van der Waals surface area contributed by atoms with Gasteiger partial charge in [0.25, 0.3) is 0 Å². The molecule has 2 aliphatic rings. The molecule has 132 valence electrons. The second kappa shape index (κ2) is 7.92. The standard InChI is InChI=1S/C18H29N5O/c1-13(2)16-9-17(22-12-21-16)23-8-4-5-14(11-23)10-20-18(24)15-6-3-7-19-15/h9,12-15,19H,3-8,10-11H2,1-2H3,(H,20,24). The van der Waals surface area contributed by atoms with Crippen LogP contribution in [0.5, 0.6) is 0 Å². The number of nitrogens with zero attached hydrogens (tertiary/aromatic N) is 3. The van der Waals surface area contributed by atoms with Gasteiger partial charge in [0.15, 0.2) is 0 Å². The molecule has 2 fully saturated rings. The molecule has 3 rings (SSSR count). The van der Waals surface area contributed by atoms with E-state index in [1.54, 1.807) is 6.33 Å². The van der Waals surface area contributed by atoms with E-state index in [0.717, 1.165) is 63.4 Å². The zero-order chi connectivity index (χ0) is 16.9. The van der Waals surface area contributed by atoms with Gasteiger partial charge in [-0.1, -0.05) is 13.8 Å². The average molecular weight is 331 g/mol. The Morgan fingerprint density at radius 1 is 1.38 bits per heavy atom. The quantitative estimate of drug-likeness (QED) is 0.859. The van der Waals surface area contributed by atoms with Crippen molar-refractivity contribution in [2.24, 2.45) is 5.92 Å². The monoisotopic (exact) mass is 331 g/mol. The lowest BCUT2D eigenvalue weighted by atomic mass is 9.97. The Kier molecular flexibility index (Phi) is 5.66. The van der Waals surface area contributed by atoms with E-state index in [9.17, 15) is 4.79 Å². The van der Waals surface area contributed by atoms with Gasteiger partial charge in [0.2, 0.25) is 5.91 Å². The lowest BCUT2D eigenvalue weighted by Crippen LogP contribution is -2.45. The first-order chi connectivity index (χ1) is 11.6. The summed E-state index contributed by atoms with van der Waals surface area (Å²) in [5, 5.41) is 6.39. The minimum absolute atomic E-state index is 0.0140. The van der Waals surface area contributed by atoms with E-state index in [0.29, 0.717) is 11.8 Å². The van der Waals surface area contributed by atoms with Crippen LogP contribution in [0.3, 0.4) is 0 Å². The minimum atomic E-state index is 0.0140. The number of rotatable bonds is 5. The van der Waals surface area contributed by atoms with Gasteiger partial charge in [0.1, 0.15) is 12.1 Å². The largest absolute Gasteiger partial charge is 0.356 e. The molecule has 6 nitrogen and oxygen atoms in total. The number of aromatic nitrogens is 2. The van der Waals surface area contributed by atoms with Crippen LogP contribution < -0.4 is 15.5 Å². The molecule has 2 saturated heterocycles. The van der Waals surface area contributed by atoms with E-state index in [2.05, 4.69) is 45.4 Å². The highest BCUT2D eigenvalue weighted by Gasteiger charge is 2.25. The third kappa shape index (κ3) is 4.23. The van der Waals surface area contributed by atoms with Crippen molar-refractivity contribution in [3.63, 3.8) is 0 Å². The zero-order valence-electron chi connectivity index (χ0n) is 14.8. The number of amides is 1. The minimum Gasteiger partial charge on any atom is -0.356 e. The van der Waals surface area contributed by atoms with Crippen LogP contribution in [0.15, 0.2) is 12.4 Å². The molecule has 24 heavy (non-hydrogen) atoms. The third-order valence-corrected chi connectivity index (χ3v) is 5.05. The van der Waals surface area contributed by atoms with Crippen LogP contribution >= 0.6 is 0 Å². The maximum Gasteiger partial charge on any atom is 0.237 e. The molecule has 2 atom stereocenters. The Hall–Kier alpha value is -1.69. The zero-order valence-corrected chi connectivity index (χ0v) is 14.8. The number of piperidine rings is 1. The topological polar surface area (TPSA) is 70.2 Å². The average Bonchev–Trinajstić information content (AvgIpc) is 3.15. The molecule has 0 aromatic carbocycles. The van der Waals surface area contributed by atoms with Crippen LogP contribution in [0.4, 0.5) is 5.82 Å². The van der Waals surface area contributed by atoms with E-state index in [4.69, 9.17) is 0 Å². The molecule has 1 amide bonds. The summed E-state index contributed by atoms with van der Waals surface area (Å²) < 4.78 is 0. The number of anilines is 1. The molecule has 1 aromatic rings. The summed E-state index contributed by atoms with van der Waals surface area (Å²) in [6.45, 7) is 8.00. The maximum atomic E-state index is 12.2. The summed E-state index contributed by atoms with van der Waals surface area (Å²) >= 11 is 0. The summed E-state index contributed by atoms with van der Waals surface area (Å²) in [6, 6.07) is 2.12. The third-order valence-electron chi connectivity index (χ3n) is 5.05. The van der Waals surface area contributed by atoms with Gasteiger partial charge < -0.3 is 15.5 Å². The van der Waals surface area contributed by atoms with Crippen molar-refractivity contribution >= 4 is 11.7 Å². The van der Waals surface area contributed by atoms with Gasteiger partial charge >= 0.3 is 0 Å². The number of nitrogens with one attached hydrogen (secondary N) is 2. The SMILES string of the molecule is CC(C)c1cc(N2CCCC(CNC(=O)C3CCCN3)C2)ncn1. The molecule has 2 aliphatic heterocycles. The smallest absolute Gasteiger partial charge is 0.237 e. The summed E-state index contributed by atoms with van der Waals surface area (Å²) in [4.78, 5) is 23.3. The van der Waals surface area contributed by atoms with E-state index in [1.165, 1.54) is 0 Å². The first-order valence-corrected chi connectivity index (χ1v) is 9.21. The van der Waals surface area contributed by atoms with Crippen molar-refractivity contribution in [3.8, 4) is 0 Å². The van der Waals surface area contributed by atoms with Gasteiger partial charge in [-0.25, -0.2) is 9.97 Å². The van der Waals surface area contributed by atoms with Crippen molar-refractivity contribution in [1.29, 1.82) is 0 Å². The van der Waals surface area contributed by atoms with Gasteiger partial charge in [-0.05, 0) is 44.1 Å². The highest BCUT2D eigenvalue weighted by molar-refractivity contribution is 5.82. The van der Waals surface area contributed by atoms with Gasteiger partial charge in [-0.3, -0.25) is 4.79 Å². The van der Waals surface area contributed by atoms with Crippen LogP contribution in [0.2, 0.25) is 0 Å². The van der Waals surface area contributed by atoms with E-state index >= 15 is 0 Å². The normalized spacial score (nSPS) is 24.4. The first kappa shape index (κ1) is 17.1. The molecule has 0 aliphatic carbocycles. The summed E-state index contributed by atoms with van der Waals surface area (Å²) in [5.41, 5.74) is 1.09. The molecular weight excluding hydrogens is 302 g/mol. The van der Waals surface area contributed by atoms with Crippen LogP contribution in [0.1, 0.15) is 51.1 Å². The van der Waals surface area contributed by atoms with Crippen molar-refractivity contribution in [3.05, 3.63) is 18.1 Å². The molecule has 0 bridgehead atoms. The molecule has 1 aromatic heterocycles. The number of carbonyl (C=O) groups excluding carboxylic acids is 1. The molecule has 3 heterocycles. The van der Waals surface area contributed by atoms with Crippen molar-refractivity contribution in [1.82, 2.24) is 20.6 Å². The first-order valence-electron chi connectivity index (χ1n) is 9.21. The summed E-state index contributed by atoms with van der Waals surface area (Å²) in [7, 11) is 0. The molecule has 2 unspecified atom stereocenters. The Morgan fingerprint density at radius 2 is 2.25 bits per heavy atom. The molecule has 0 radical (unpaired) electrons. The van der Waals surface area contributed by atoms with Crippen molar-refractivity contribution in [2.45, 2.75) is 51.5 Å².